The summed E-state index contributed by atoms with van der Waals surface area (Å²) in [6.45, 7) is 1.55. The van der Waals surface area contributed by atoms with Gasteiger partial charge in [-0.15, -0.1) is 0 Å². The molecule has 1 atom stereocenters. The second-order valence-corrected chi connectivity index (χ2v) is 6.96. The molecule has 1 aromatic rings. The minimum atomic E-state index is -0.862. The molecule has 0 radical (unpaired) electrons. The van der Waals surface area contributed by atoms with Crippen molar-refractivity contribution in [3.05, 3.63) is 39.8 Å². The summed E-state index contributed by atoms with van der Waals surface area (Å²) in [4.78, 5) is 4.01. The van der Waals surface area contributed by atoms with Crippen LogP contribution in [0.25, 0.3) is 0 Å². The van der Waals surface area contributed by atoms with Crippen LogP contribution in [0.1, 0.15) is 44.3 Å². The lowest BCUT2D eigenvalue weighted by Gasteiger charge is -2.28. The smallest absolute Gasteiger partial charge is 0.123 e. The van der Waals surface area contributed by atoms with E-state index in [1.54, 1.807) is 6.92 Å². The minimum Gasteiger partial charge on any atom is -0.389 e. The Morgan fingerprint density at radius 2 is 2.19 bits per heavy atom. The zero-order valence-electron chi connectivity index (χ0n) is 14.5. The third kappa shape index (κ3) is 5.47. The lowest BCUT2D eigenvalue weighted by atomic mass is 9.93. The molecular formula is C18H23BrFN5O. The zero-order valence-corrected chi connectivity index (χ0v) is 16.1. The molecule has 0 amide bonds. The molecule has 26 heavy (non-hydrogen) atoms. The van der Waals surface area contributed by atoms with Gasteiger partial charge >= 0.3 is 0 Å². The van der Waals surface area contributed by atoms with Gasteiger partial charge in [-0.25, -0.2) is 9.38 Å². The van der Waals surface area contributed by atoms with Crippen LogP contribution < -0.4 is 10.6 Å². The Labute approximate surface area is 160 Å². The number of halogens is 2. The summed E-state index contributed by atoms with van der Waals surface area (Å²) in [6, 6.07) is 4.48. The van der Waals surface area contributed by atoms with Crippen LogP contribution >= 0.6 is 15.9 Å². The third-order valence-electron chi connectivity index (χ3n) is 4.21. The Hall–Kier alpha value is -2.06. The number of hydrogen-bond acceptors (Lipinski definition) is 4. The fourth-order valence-electron chi connectivity index (χ4n) is 2.55. The summed E-state index contributed by atoms with van der Waals surface area (Å²) in [5.41, 5.74) is 1.58. The fourth-order valence-corrected chi connectivity index (χ4v) is 3.12. The van der Waals surface area contributed by atoms with Gasteiger partial charge in [-0.2, -0.15) is 0 Å². The van der Waals surface area contributed by atoms with Crippen LogP contribution in [0.3, 0.4) is 0 Å². The van der Waals surface area contributed by atoms with Gasteiger partial charge in [-0.1, -0.05) is 0 Å². The zero-order chi connectivity index (χ0) is 19.1. The largest absolute Gasteiger partial charge is 0.389 e. The van der Waals surface area contributed by atoms with Gasteiger partial charge in [0.1, 0.15) is 18.0 Å². The first-order chi connectivity index (χ1) is 12.4. The molecule has 8 heteroatoms. The van der Waals surface area contributed by atoms with Crippen molar-refractivity contribution in [1.29, 1.82) is 10.8 Å². The summed E-state index contributed by atoms with van der Waals surface area (Å²) in [5, 5.41) is 31.2. The van der Waals surface area contributed by atoms with E-state index in [1.165, 1.54) is 30.8 Å². The average Bonchev–Trinajstić information content (AvgIpc) is 2.57. The second-order valence-electron chi connectivity index (χ2n) is 6.17. The first-order valence-electron chi connectivity index (χ1n) is 8.40. The van der Waals surface area contributed by atoms with Crippen LogP contribution in [0.2, 0.25) is 0 Å². The Morgan fingerprint density at radius 3 is 2.73 bits per heavy atom. The van der Waals surface area contributed by atoms with Crippen molar-refractivity contribution in [3.8, 4) is 0 Å². The predicted octanol–water partition coefficient (Wildman–Crippen LogP) is 4.08. The summed E-state index contributed by atoms with van der Waals surface area (Å²) in [7, 11) is 0. The third-order valence-corrected chi connectivity index (χ3v) is 4.95. The van der Waals surface area contributed by atoms with Gasteiger partial charge in [-0.05, 0) is 60.3 Å². The molecule has 0 saturated heterocycles. The molecule has 1 saturated carbocycles. The van der Waals surface area contributed by atoms with E-state index in [1.807, 2.05) is 0 Å². The molecule has 0 spiro atoms. The summed E-state index contributed by atoms with van der Waals surface area (Å²) in [6.07, 6.45) is 4.96. The highest BCUT2D eigenvalue weighted by Gasteiger charge is 2.19. The molecule has 6 nitrogen and oxygen atoms in total. The lowest BCUT2D eigenvalue weighted by Crippen LogP contribution is -2.33. The molecule has 5 N–H and O–H groups in total. The van der Waals surface area contributed by atoms with Crippen LogP contribution in [0.15, 0.2) is 33.4 Å². The highest BCUT2D eigenvalue weighted by Crippen LogP contribution is 2.25. The molecule has 1 aliphatic carbocycles. The van der Waals surface area contributed by atoms with E-state index in [2.05, 4.69) is 31.6 Å². The summed E-state index contributed by atoms with van der Waals surface area (Å²) >= 11 is 3.48. The normalized spacial score (nSPS) is 17.0. The summed E-state index contributed by atoms with van der Waals surface area (Å²) in [5.74, 6) is -0.0242. The number of anilines is 1. The highest BCUT2D eigenvalue weighted by molar-refractivity contribution is 9.11. The maximum absolute atomic E-state index is 13.5. The first kappa shape index (κ1) is 20.3. The Kier molecular flexibility index (Phi) is 7.47. The molecule has 0 aromatic heterocycles. The molecule has 140 valence electrons. The molecule has 1 aliphatic rings. The van der Waals surface area contributed by atoms with Crippen LogP contribution in [-0.2, 0) is 0 Å². The van der Waals surface area contributed by atoms with E-state index >= 15 is 0 Å². The number of aliphatic hydroxyl groups excluding tert-OH is 1. The molecule has 1 aromatic carbocycles. The number of hydrogen-bond donors (Lipinski definition) is 5. The van der Waals surface area contributed by atoms with Gasteiger partial charge in [0.05, 0.1) is 10.7 Å². The van der Waals surface area contributed by atoms with Crippen LogP contribution in [0.5, 0.6) is 0 Å². The molecule has 2 rings (SSSR count). The van der Waals surface area contributed by atoms with Gasteiger partial charge in [0.2, 0.25) is 0 Å². The van der Waals surface area contributed by atoms with E-state index in [9.17, 15) is 9.50 Å². The highest BCUT2D eigenvalue weighted by atomic mass is 79.9. The van der Waals surface area contributed by atoms with Gasteiger partial charge in [-0.3, -0.25) is 5.41 Å². The number of aliphatic imine (C=N–C) groups is 1. The molecule has 0 aliphatic heterocycles. The van der Waals surface area contributed by atoms with Crippen molar-refractivity contribution in [2.45, 2.75) is 44.8 Å². The predicted molar refractivity (Wildman–Crippen MR) is 107 cm³/mol. The van der Waals surface area contributed by atoms with Crippen LogP contribution in [-0.4, -0.2) is 29.5 Å². The fraction of sp³-hybridized carbons (Fsp3) is 0.389. The van der Waals surface area contributed by atoms with Gasteiger partial charge in [0.15, 0.2) is 0 Å². The maximum Gasteiger partial charge on any atom is 0.123 e. The topological polar surface area (TPSA) is 104 Å². The Bertz CT molecular complexity index is 728. The van der Waals surface area contributed by atoms with Crippen LogP contribution in [0, 0.1) is 16.6 Å². The lowest BCUT2D eigenvalue weighted by molar-refractivity contribution is 0.199. The van der Waals surface area contributed by atoms with E-state index < -0.39 is 11.9 Å². The number of benzene rings is 1. The Morgan fingerprint density at radius 1 is 1.46 bits per heavy atom. The quantitative estimate of drug-likeness (QED) is 0.247. The van der Waals surface area contributed by atoms with E-state index in [0.717, 1.165) is 23.8 Å². The van der Waals surface area contributed by atoms with Crippen molar-refractivity contribution >= 4 is 40.0 Å². The van der Waals surface area contributed by atoms with Crippen molar-refractivity contribution in [3.63, 3.8) is 0 Å². The second kappa shape index (κ2) is 9.59. The molecule has 0 heterocycles. The number of rotatable bonds is 8. The summed E-state index contributed by atoms with van der Waals surface area (Å²) < 4.78 is 14.2. The van der Waals surface area contributed by atoms with Gasteiger partial charge in [0, 0.05) is 35.5 Å². The number of amidine groups is 1. The van der Waals surface area contributed by atoms with Crippen molar-refractivity contribution in [2.75, 3.05) is 5.32 Å². The molecule has 0 bridgehead atoms. The SMILES string of the molecule is CC(O)c1cc(F)ccc1N/C(C/C(C=N)=C(\Br)NC1CCC1)=N\C=N. The number of aliphatic hydroxyl groups is 1. The maximum atomic E-state index is 13.5. The monoisotopic (exact) mass is 423 g/mol. The van der Waals surface area contributed by atoms with E-state index in [-0.39, 0.29) is 6.42 Å². The standard InChI is InChI=1S/C18H23BrFN5O/c1-11(26)15-8-13(20)5-6-16(15)25-17(23-10-22)7-12(9-21)18(19)24-14-3-2-4-14/h5-6,8-11,14,21,24,26H,2-4,7H2,1H3,(H2,22,23,25)/b18-12-,21-9?. The number of nitrogens with one attached hydrogen (secondary N) is 4. The van der Waals surface area contributed by atoms with Crippen molar-refractivity contribution < 1.29 is 9.50 Å². The first-order valence-corrected chi connectivity index (χ1v) is 9.19. The van der Waals surface area contributed by atoms with Gasteiger partial charge in [0.25, 0.3) is 0 Å². The molecular weight excluding hydrogens is 401 g/mol. The minimum absolute atomic E-state index is 0.274. The van der Waals surface area contributed by atoms with Crippen LogP contribution in [0.4, 0.5) is 10.1 Å². The van der Waals surface area contributed by atoms with Crippen molar-refractivity contribution in [1.82, 2.24) is 5.32 Å². The number of nitrogens with zero attached hydrogens (tertiary/aromatic N) is 1. The van der Waals surface area contributed by atoms with Gasteiger partial charge < -0.3 is 21.1 Å². The molecule has 1 unspecified atom stereocenters. The van der Waals surface area contributed by atoms with E-state index in [4.69, 9.17) is 10.8 Å². The average molecular weight is 424 g/mol. The Balaban J connectivity index is 2.21. The molecule has 1 fully saturated rings. The van der Waals surface area contributed by atoms with E-state index in [0.29, 0.717) is 28.7 Å². The van der Waals surface area contributed by atoms with Crippen molar-refractivity contribution in [2.24, 2.45) is 4.99 Å².